The van der Waals surface area contributed by atoms with Crippen molar-refractivity contribution < 1.29 is 23.1 Å². The zero-order valence-corrected chi connectivity index (χ0v) is 31.7. The molecule has 0 aliphatic carbocycles. The fourth-order valence-electron chi connectivity index (χ4n) is 6.70. The van der Waals surface area contributed by atoms with Gasteiger partial charge in [0.05, 0.1) is 33.3 Å². The molecule has 1 aliphatic rings. The molecule has 278 valence electrons. The standard InChI is InChI=1S/C39H49ClN6O5S/c1-5-27(4)37(46-20-19-44(39(46)49)24-29-17-18-42-34-14-10-9-13-31(29)34)38(48)43-35(21-28-11-7-6-8-12-28)36(47)25-45(23-26(2)3)52(50,51)30-15-16-32(40)33(41)22-30/h6-18,22,26-27,35-37,47H,5,19-21,23-25,41H2,1-4H3,(H,43,48)/t27-,35-,36-,37-/m0/s1. The quantitative estimate of drug-likeness (QED) is 0.127. The zero-order valence-electron chi connectivity index (χ0n) is 30.2. The highest BCUT2D eigenvalue weighted by Gasteiger charge is 2.41. The Morgan fingerprint density at radius 2 is 1.73 bits per heavy atom. The Labute approximate surface area is 311 Å². The number of carbonyl (C=O) groups is 2. The van der Waals surface area contributed by atoms with Gasteiger partial charge in [-0.2, -0.15) is 4.31 Å². The van der Waals surface area contributed by atoms with Crippen LogP contribution in [0.25, 0.3) is 10.9 Å². The number of nitrogen functional groups attached to an aromatic ring is 1. The number of rotatable bonds is 16. The van der Waals surface area contributed by atoms with E-state index < -0.39 is 34.1 Å². The number of benzene rings is 3. The van der Waals surface area contributed by atoms with Crippen molar-refractivity contribution in [1.29, 1.82) is 0 Å². The minimum absolute atomic E-state index is 0.0420. The Morgan fingerprint density at radius 1 is 1.02 bits per heavy atom. The van der Waals surface area contributed by atoms with Crippen molar-refractivity contribution >= 4 is 50.2 Å². The molecule has 1 aliphatic heterocycles. The van der Waals surface area contributed by atoms with Gasteiger partial charge in [0.15, 0.2) is 0 Å². The summed E-state index contributed by atoms with van der Waals surface area (Å²) in [5, 5.41) is 16.1. The lowest BCUT2D eigenvalue weighted by Crippen LogP contribution is -2.57. The normalized spacial score (nSPS) is 16.0. The Hall–Kier alpha value is -4.23. The van der Waals surface area contributed by atoms with E-state index in [4.69, 9.17) is 17.3 Å². The second-order valence-electron chi connectivity index (χ2n) is 14.0. The molecule has 1 fully saturated rings. The van der Waals surface area contributed by atoms with Gasteiger partial charge in [-0.1, -0.05) is 94.2 Å². The number of aromatic nitrogens is 1. The van der Waals surface area contributed by atoms with Crippen molar-refractivity contribution in [1.82, 2.24) is 24.4 Å². The zero-order chi connectivity index (χ0) is 37.6. The van der Waals surface area contributed by atoms with Gasteiger partial charge in [0.25, 0.3) is 0 Å². The molecule has 11 nitrogen and oxygen atoms in total. The van der Waals surface area contributed by atoms with Crippen LogP contribution in [0.2, 0.25) is 5.02 Å². The fraction of sp³-hybridized carbons (Fsp3) is 0.410. The summed E-state index contributed by atoms with van der Waals surface area (Å²) < 4.78 is 29.1. The van der Waals surface area contributed by atoms with E-state index in [0.717, 1.165) is 22.0 Å². The fourth-order valence-corrected chi connectivity index (χ4v) is 8.47. The van der Waals surface area contributed by atoms with Gasteiger partial charge in [0.1, 0.15) is 6.04 Å². The number of aliphatic hydroxyl groups excluding tert-OH is 1. The molecule has 4 atom stereocenters. The molecule has 3 amide bonds. The van der Waals surface area contributed by atoms with Crippen molar-refractivity contribution in [2.24, 2.45) is 11.8 Å². The number of fused-ring (bicyclic) bond motifs is 1. The van der Waals surface area contributed by atoms with Crippen LogP contribution >= 0.6 is 11.6 Å². The first-order chi connectivity index (χ1) is 24.8. The minimum atomic E-state index is -4.11. The number of nitrogens with zero attached hydrogens (tertiary/aromatic N) is 4. The first kappa shape index (κ1) is 39.0. The maximum atomic E-state index is 14.4. The Kier molecular flexibility index (Phi) is 12.8. The molecule has 4 N–H and O–H groups in total. The van der Waals surface area contributed by atoms with Gasteiger partial charge >= 0.3 is 6.03 Å². The number of pyridine rings is 1. The van der Waals surface area contributed by atoms with Crippen LogP contribution in [0.15, 0.2) is 90.0 Å². The largest absolute Gasteiger partial charge is 0.397 e. The minimum Gasteiger partial charge on any atom is -0.397 e. The number of halogens is 1. The molecule has 1 aromatic heterocycles. The van der Waals surface area contributed by atoms with E-state index in [1.165, 1.54) is 22.5 Å². The molecule has 0 saturated carbocycles. The number of hydrogen-bond donors (Lipinski definition) is 3. The van der Waals surface area contributed by atoms with E-state index in [-0.39, 0.29) is 53.0 Å². The summed E-state index contributed by atoms with van der Waals surface area (Å²) >= 11 is 6.08. The highest BCUT2D eigenvalue weighted by Crippen LogP contribution is 2.27. The number of aliphatic hydroxyl groups is 1. The van der Waals surface area contributed by atoms with Crippen LogP contribution in [0.1, 0.15) is 45.2 Å². The van der Waals surface area contributed by atoms with Crippen LogP contribution in [0.3, 0.4) is 0 Å². The third kappa shape index (κ3) is 9.03. The lowest BCUT2D eigenvalue weighted by atomic mass is 9.95. The topological polar surface area (TPSA) is 149 Å². The summed E-state index contributed by atoms with van der Waals surface area (Å²) in [6, 6.07) is 21.3. The van der Waals surface area contributed by atoms with Gasteiger partial charge < -0.3 is 26.0 Å². The van der Waals surface area contributed by atoms with Gasteiger partial charge in [-0.25, -0.2) is 13.2 Å². The van der Waals surface area contributed by atoms with E-state index in [1.807, 2.05) is 88.4 Å². The number of hydrogen-bond acceptors (Lipinski definition) is 7. The number of carbonyl (C=O) groups excluding carboxylic acids is 2. The predicted octanol–water partition coefficient (Wildman–Crippen LogP) is 5.56. The highest BCUT2D eigenvalue weighted by molar-refractivity contribution is 7.89. The predicted molar refractivity (Wildman–Crippen MR) is 205 cm³/mol. The maximum absolute atomic E-state index is 14.4. The Bertz CT molecular complexity index is 1960. The second-order valence-corrected chi connectivity index (χ2v) is 16.3. The monoisotopic (exact) mass is 748 g/mol. The first-order valence-corrected chi connectivity index (χ1v) is 19.6. The second kappa shape index (κ2) is 17.1. The first-order valence-electron chi connectivity index (χ1n) is 17.8. The Morgan fingerprint density at radius 3 is 2.42 bits per heavy atom. The molecule has 2 heterocycles. The number of para-hydroxylation sites is 1. The van der Waals surface area contributed by atoms with Crippen LogP contribution < -0.4 is 11.1 Å². The molecule has 0 unspecified atom stereocenters. The lowest BCUT2D eigenvalue weighted by Gasteiger charge is -2.35. The van der Waals surface area contributed by atoms with Crippen LogP contribution in [-0.2, 0) is 27.8 Å². The van der Waals surface area contributed by atoms with Gasteiger partial charge in [0.2, 0.25) is 15.9 Å². The summed E-state index contributed by atoms with van der Waals surface area (Å²) in [6.45, 7) is 8.71. The molecule has 0 radical (unpaired) electrons. The molecular formula is C39H49ClN6O5S. The van der Waals surface area contributed by atoms with E-state index >= 15 is 0 Å². The molecule has 3 aromatic carbocycles. The highest BCUT2D eigenvalue weighted by atomic mass is 35.5. The van der Waals surface area contributed by atoms with Crippen molar-refractivity contribution in [2.45, 2.75) is 70.2 Å². The molecular weight excluding hydrogens is 700 g/mol. The number of urea groups is 1. The van der Waals surface area contributed by atoms with Crippen molar-refractivity contribution in [2.75, 3.05) is 31.9 Å². The van der Waals surface area contributed by atoms with Gasteiger partial charge in [0, 0.05) is 44.3 Å². The third-order valence-electron chi connectivity index (χ3n) is 9.67. The molecule has 0 spiro atoms. The SMILES string of the molecule is CC[C@H](C)[C@@H](C(=O)N[C@@H](Cc1ccccc1)[C@@H](O)CN(CC(C)C)S(=O)(=O)c1ccc(Cl)c(N)c1)N1CCN(Cc2ccnc3ccccc23)C1=O. The smallest absolute Gasteiger partial charge is 0.321 e. The van der Waals surface area contributed by atoms with Crippen LogP contribution in [-0.4, -0.2) is 88.9 Å². The molecule has 0 bridgehead atoms. The van der Waals surface area contributed by atoms with E-state index in [1.54, 1.807) is 16.0 Å². The Balaban J connectivity index is 1.39. The lowest BCUT2D eigenvalue weighted by molar-refractivity contribution is -0.128. The van der Waals surface area contributed by atoms with Crippen LogP contribution in [0, 0.1) is 11.8 Å². The summed E-state index contributed by atoms with van der Waals surface area (Å²) in [5.41, 5.74) is 8.75. The number of amides is 3. The van der Waals surface area contributed by atoms with Crippen LogP contribution in [0.5, 0.6) is 0 Å². The molecule has 4 aromatic rings. The van der Waals surface area contributed by atoms with Crippen molar-refractivity contribution in [3.05, 3.63) is 101 Å². The number of sulfonamides is 1. The average Bonchev–Trinajstić information content (AvgIpc) is 3.47. The summed E-state index contributed by atoms with van der Waals surface area (Å²) in [4.78, 5) is 36.1. The molecule has 52 heavy (non-hydrogen) atoms. The number of nitrogens with two attached hydrogens (primary N) is 1. The van der Waals surface area contributed by atoms with Crippen molar-refractivity contribution in [3.8, 4) is 0 Å². The van der Waals surface area contributed by atoms with Gasteiger partial charge in [-0.05, 0) is 59.7 Å². The third-order valence-corrected chi connectivity index (χ3v) is 11.8. The van der Waals surface area contributed by atoms with Crippen molar-refractivity contribution in [3.63, 3.8) is 0 Å². The number of nitrogens with one attached hydrogen (secondary N) is 1. The maximum Gasteiger partial charge on any atom is 0.321 e. The molecule has 5 rings (SSSR count). The summed E-state index contributed by atoms with van der Waals surface area (Å²) in [5.74, 6) is -0.672. The van der Waals surface area contributed by atoms with E-state index in [9.17, 15) is 23.1 Å². The van der Waals surface area contributed by atoms with Gasteiger partial charge in [-0.3, -0.25) is 9.78 Å². The van der Waals surface area contributed by atoms with E-state index in [0.29, 0.717) is 26.1 Å². The summed E-state index contributed by atoms with van der Waals surface area (Å²) in [7, 11) is -4.11. The van der Waals surface area contributed by atoms with Gasteiger partial charge in [-0.15, -0.1) is 0 Å². The number of anilines is 1. The van der Waals surface area contributed by atoms with Crippen LogP contribution in [0.4, 0.5) is 10.5 Å². The summed E-state index contributed by atoms with van der Waals surface area (Å²) in [6.07, 6.45) is 1.31. The molecule has 1 saturated heterocycles. The molecule has 13 heteroatoms. The average molecular weight is 749 g/mol. The van der Waals surface area contributed by atoms with E-state index in [2.05, 4.69) is 10.3 Å².